The molecule has 5 heteroatoms. The summed E-state index contributed by atoms with van der Waals surface area (Å²) < 4.78 is 5.13. The van der Waals surface area contributed by atoms with Gasteiger partial charge in [0.15, 0.2) is 0 Å². The molecule has 2 aromatic carbocycles. The van der Waals surface area contributed by atoms with Crippen LogP contribution < -0.4 is 15.4 Å². The van der Waals surface area contributed by atoms with Crippen LogP contribution in [0.3, 0.4) is 0 Å². The third kappa shape index (κ3) is 5.35. The molecule has 0 aromatic heterocycles. The van der Waals surface area contributed by atoms with Gasteiger partial charge in [0, 0.05) is 24.1 Å². The number of carbonyl (C=O) groups excluding carboxylic acids is 2. The summed E-state index contributed by atoms with van der Waals surface area (Å²) >= 11 is 0. The minimum atomic E-state index is -0.0390. The van der Waals surface area contributed by atoms with Crippen LogP contribution in [-0.4, -0.2) is 18.9 Å². The Hall–Kier alpha value is -2.82. The molecular formula is C23H28N2O3. The van der Waals surface area contributed by atoms with Gasteiger partial charge in [-0.05, 0) is 62.4 Å². The predicted octanol–water partition coefficient (Wildman–Crippen LogP) is 4.06. The van der Waals surface area contributed by atoms with E-state index in [1.807, 2.05) is 49.4 Å². The predicted molar refractivity (Wildman–Crippen MR) is 110 cm³/mol. The molecule has 1 saturated carbocycles. The van der Waals surface area contributed by atoms with Gasteiger partial charge in [0.05, 0.1) is 7.11 Å². The second-order valence-corrected chi connectivity index (χ2v) is 7.47. The number of nitrogens with one attached hydrogen (secondary N) is 2. The second-order valence-electron chi connectivity index (χ2n) is 7.47. The van der Waals surface area contributed by atoms with Crippen LogP contribution in [0.25, 0.3) is 0 Å². The lowest BCUT2D eigenvalue weighted by atomic mass is 9.81. The maximum Gasteiger partial charge on any atom is 0.227 e. The summed E-state index contributed by atoms with van der Waals surface area (Å²) in [6.07, 6.45) is 2.98. The Morgan fingerprint density at radius 1 is 0.964 bits per heavy atom. The Kier molecular flexibility index (Phi) is 6.69. The highest BCUT2D eigenvalue weighted by Crippen LogP contribution is 2.30. The molecule has 0 saturated heterocycles. The topological polar surface area (TPSA) is 67.4 Å². The number of amides is 2. The summed E-state index contributed by atoms with van der Waals surface area (Å²) in [4.78, 5) is 25.0. The molecule has 1 fully saturated rings. The molecule has 0 unspecified atom stereocenters. The molecule has 0 spiro atoms. The highest BCUT2D eigenvalue weighted by Gasteiger charge is 2.29. The van der Waals surface area contributed by atoms with E-state index in [0.29, 0.717) is 6.54 Å². The van der Waals surface area contributed by atoms with Crippen molar-refractivity contribution in [2.75, 3.05) is 12.4 Å². The summed E-state index contributed by atoms with van der Waals surface area (Å²) in [5, 5.41) is 6.00. The van der Waals surface area contributed by atoms with Crippen LogP contribution in [0.5, 0.6) is 5.75 Å². The van der Waals surface area contributed by atoms with Crippen molar-refractivity contribution in [3.63, 3.8) is 0 Å². The summed E-state index contributed by atoms with van der Waals surface area (Å²) in [5.74, 6) is 0.840. The minimum absolute atomic E-state index is 0.00477. The molecule has 3 rings (SSSR count). The van der Waals surface area contributed by atoms with Gasteiger partial charge in [0.25, 0.3) is 0 Å². The van der Waals surface area contributed by atoms with Crippen molar-refractivity contribution in [1.29, 1.82) is 0 Å². The van der Waals surface area contributed by atoms with Crippen molar-refractivity contribution < 1.29 is 14.3 Å². The molecule has 1 aliphatic carbocycles. The average Bonchev–Trinajstić information content (AvgIpc) is 2.72. The number of aryl methyl sites for hydroxylation is 1. The number of benzene rings is 2. The van der Waals surface area contributed by atoms with Crippen molar-refractivity contribution in [1.82, 2.24) is 5.32 Å². The Bertz CT molecular complexity index is 809. The Morgan fingerprint density at radius 3 is 2.21 bits per heavy atom. The molecule has 0 aliphatic heterocycles. The fraction of sp³-hybridized carbons (Fsp3) is 0.391. The largest absolute Gasteiger partial charge is 0.497 e. The molecule has 28 heavy (non-hydrogen) atoms. The lowest BCUT2D eigenvalue weighted by molar-refractivity contribution is -0.128. The van der Waals surface area contributed by atoms with Crippen LogP contribution in [0.2, 0.25) is 0 Å². The lowest BCUT2D eigenvalue weighted by Gasteiger charge is -2.27. The molecule has 0 radical (unpaired) electrons. The highest BCUT2D eigenvalue weighted by molar-refractivity contribution is 5.92. The summed E-state index contributed by atoms with van der Waals surface area (Å²) in [7, 11) is 1.61. The lowest BCUT2D eigenvalue weighted by Crippen LogP contribution is -2.35. The molecule has 2 aromatic rings. The van der Waals surface area contributed by atoms with E-state index >= 15 is 0 Å². The third-order valence-corrected chi connectivity index (χ3v) is 5.38. The Morgan fingerprint density at radius 2 is 1.61 bits per heavy atom. The normalized spacial score (nSPS) is 18.9. The molecule has 2 N–H and O–H groups in total. The van der Waals surface area contributed by atoms with Crippen molar-refractivity contribution >= 4 is 17.5 Å². The standard InChI is InChI=1S/C23H28N2O3/c1-16-4-3-5-17(14-16)15-24-22(26)18-6-8-19(9-7-18)23(27)25-20-10-12-21(28-2)13-11-20/h3-5,10-14,18-19H,6-9,15H2,1-2H3,(H,24,26)(H,25,27). The molecule has 0 heterocycles. The van der Waals surface area contributed by atoms with E-state index in [0.717, 1.165) is 42.7 Å². The van der Waals surface area contributed by atoms with E-state index in [1.54, 1.807) is 7.11 Å². The monoisotopic (exact) mass is 380 g/mol. The SMILES string of the molecule is COc1ccc(NC(=O)C2CCC(C(=O)NCc3cccc(C)c3)CC2)cc1. The zero-order chi connectivity index (χ0) is 19.9. The Balaban J connectivity index is 1.44. The van der Waals surface area contributed by atoms with Crippen LogP contribution >= 0.6 is 0 Å². The highest BCUT2D eigenvalue weighted by atomic mass is 16.5. The molecule has 2 amide bonds. The fourth-order valence-corrected chi connectivity index (χ4v) is 3.69. The van der Waals surface area contributed by atoms with Crippen molar-refractivity contribution in [3.05, 3.63) is 59.7 Å². The maximum absolute atomic E-state index is 12.5. The van der Waals surface area contributed by atoms with Gasteiger partial charge in [-0.3, -0.25) is 9.59 Å². The van der Waals surface area contributed by atoms with Crippen LogP contribution in [0.1, 0.15) is 36.8 Å². The van der Waals surface area contributed by atoms with E-state index in [1.165, 1.54) is 5.56 Å². The quantitative estimate of drug-likeness (QED) is 0.794. The van der Waals surface area contributed by atoms with Crippen LogP contribution in [-0.2, 0) is 16.1 Å². The Labute approximate surface area is 166 Å². The number of hydrogen-bond acceptors (Lipinski definition) is 3. The van der Waals surface area contributed by atoms with Crippen LogP contribution in [0.15, 0.2) is 48.5 Å². The first-order valence-electron chi connectivity index (χ1n) is 9.83. The molecule has 0 atom stereocenters. The first kappa shape index (κ1) is 19.9. The molecule has 1 aliphatic rings. The van der Waals surface area contributed by atoms with Gasteiger partial charge in [-0.15, -0.1) is 0 Å². The zero-order valence-corrected chi connectivity index (χ0v) is 16.5. The molecule has 0 bridgehead atoms. The average molecular weight is 380 g/mol. The number of anilines is 1. The minimum Gasteiger partial charge on any atom is -0.497 e. The molecular weight excluding hydrogens is 352 g/mol. The van der Waals surface area contributed by atoms with E-state index < -0.39 is 0 Å². The number of ether oxygens (including phenoxy) is 1. The first-order valence-corrected chi connectivity index (χ1v) is 9.83. The van der Waals surface area contributed by atoms with Gasteiger partial charge in [-0.25, -0.2) is 0 Å². The van der Waals surface area contributed by atoms with Crippen molar-refractivity contribution in [3.8, 4) is 5.75 Å². The van der Waals surface area contributed by atoms with Gasteiger partial charge >= 0.3 is 0 Å². The van der Waals surface area contributed by atoms with Crippen LogP contribution in [0.4, 0.5) is 5.69 Å². The molecule has 5 nitrogen and oxygen atoms in total. The van der Waals surface area contributed by atoms with Gasteiger partial charge in [0.1, 0.15) is 5.75 Å². The maximum atomic E-state index is 12.5. The number of methoxy groups -OCH3 is 1. The van der Waals surface area contributed by atoms with Gasteiger partial charge < -0.3 is 15.4 Å². The number of hydrogen-bond donors (Lipinski definition) is 2. The summed E-state index contributed by atoms with van der Waals surface area (Å²) in [6.45, 7) is 2.60. The summed E-state index contributed by atoms with van der Waals surface area (Å²) in [6, 6.07) is 15.5. The number of carbonyl (C=O) groups is 2. The molecule has 148 valence electrons. The fourth-order valence-electron chi connectivity index (χ4n) is 3.69. The van der Waals surface area contributed by atoms with E-state index in [-0.39, 0.29) is 23.7 Å². The van der Waals surface area contributed by atoms with E-state index in [9.17, 15) is 9.59 Å². The smallest absolute Gasteiger partial charge is 0.227 e. The van der Waals surface area contributed by atoms with Gasteiger partial charge in [-0.1, -0.05) is 29.8 Å². The first-order chi connectivity index (χ1) is 13.5. The zero-order valence-electron chi connectivity index (χ0n) is 16.5. The van der Waals surface area contributed by atoms with E-state index in [4.69, 9.17) is 4.74 Å². The second kappa shape index (κ2) is 9.40. The van der Waals surface area contributed by atoms with Crippen molar-refractivity contribution in [2.24, 2.45) is 11.8 Å². The van der Waals surface area contributed by atoms with Crippen molar-refractivity contribution in [2.45, 2.75) is 39.2 Å². The van der Waals surface area contributed by atoms with Gasteiger partial charge in [0.2, 0.25) is 11.8 Å². The number of rotatable bonds is 6. The van der Waals surface area contributed by atoms with Gasteiger partial charge in [-0.2, -0.15) is 0 Å². The van der Waals surface area contributed by atoms with Crippen LogP contribution in [0, 0.1) is 18.8 Å². The summed E-state index contributed by atoms with van der Waals surface area (Å²) in [5.41, 5.74) is 3.07. The van der Waals surface area contributed by atoms with E-state index in [2.05, 4.69) is 16.7 Å². The third-order valence-electron chi connectivity index (χ3n) is 5.38.